The summed E-state index contributed by atoms with van der Waals surface area (Å²) < 4.78 is 0. The van der Waals surface area contributed by atoms with Gasteiger partial charge >= 0.3 is 0 Å². The van der Waals surface area contributed by atoms with Crippen molar-refractivity contribution in [3.63, 3.8) is 0 Å². The van der Waals surface area contributed by atoms with Gasteiger partial charge in [0, 0.05) is 6.54 Å². The molecule has 0 aliphatic heterocycles. The SMILES string of the molecule is CCCNC(C)(CO)CN(CC)CCC. The van der Waals surface area contributed by atoms with E-state index in [1.165, 1.54) is 6.42 Å². The minimum absolute atomic E-state index is 0.152. The summed E-state index contributed by atoms with van der Waals surface area (Å²) in [5.41, 5.74) is -0.152. The van der Waals surface area contributed by atoms with Crippen LogP contribution in [-0.4, -0.2) is 48.3 Å². The number of likely N-dealkylation sites (N-methyl/N-ethyl adjacent to an activating group) is 1. The first-order valence-corrected chi connectivity index (χ1v) is 6.20. The number of hydrogen-bond donors (Lipinski definition) is 2. The van der Waals surface area contributed by atoms with Gasteiger partial charge in [0.05, 0.1) is 12.1 Å². The number of rotatable bonds is 9. The highest BCUT2D eigenvalue weighted by atomic mass is 16.3. The van der Waals surface area contributed by atoms with Gasteiger partial charge in [0.2, 0.25) is 0 Å². The number of hydrogen-bond acceptors (Lipinski definition) is 3. The Morgan fingerprint density at radius 3 is 2.27 bits per heavy atom. The van der Waals surface area contributed by atoms with E-state index in [0.29, 0.717) is 0 Å². The van der Waals surface area contributed by atoms with Gasteiger partial charge in [-0.3, -0.25) is 0 Å². The molecule has 1 unspecified atom stereocenters. The summed E-state index contributed by atoms with van der Waals surface area (Å²) >= 11 is 0. The third-order valence-corrected chi connectivity index (χ3v) is 2.71. The molecule has 0 rings (SSSR count). The first-order valence-electron chi connectivity index (χ1n) is 6.20. The Hall–Kier alpha value is -0.120. The van der Waals surface area contributed by atoms with E-state index in [2.05, 4.69) is 37.9 Å². The second kappa shape index (κ2) is 8.08. The zero-order valence-electron chi connectivity index (χ0n) is 10.8. The lowest BCUT2D eigenvalue weighted by Crippen LogP contribution is -2.54. The molecule has 92 valence electrons. The summed E-state index contributed by atoms with van der Waals surface area (Å²) in [6, 6.07) is 0. The summed E-state index contributed by atoms with van der Waals surface area (Å²) in [6.45, 7) is 12.9. The average molecular weight is 216 g/mol. The van der Waals surface area contributed by atoms with Crippen molar-refractivity contribution in [3.8, 4) is 0 Å². The predicted molar refractivity (Wildman–Crippen MR) is 66.2 cm³/mol. The van der Waals surface area contributed by atoms with Gasteiger partial charge in [0.1, 0.15) is 0 Å². The summed E-state index contributed by atoms with van der Waals surface area (Å²) in [6.07, 6.45) is 2.28. The molecule has 15 heavy (non-hydrogen) atoms. The minimum atomic E-state index is -0.152. The van der Waals surface area contributed by atoms with Crippen LogP contribution in [-0.2, 0) is 0 Å². The lowest BCUT2D eigenvalue weighted by Gasteiger charge is -2.34. The van der Waals surface area contributed by atoms with Crippen LogP contribution in [0.1, 0.15) is 40.5 Å². The van der Waals surface area contributed by atoms with Gasteiger partial charge in [0.25, 0.3) is 0 Å². The highest BCUT2D eigenvalue weighted by Gasteiger charge is 2.24. The molecule has 0 radical (unpaired) electrons. The molecular formula is C12H28N2O. The number of aliphatic hydroxyl groups is 1. The van der Waals surface area contributed by atoms with Gasteiger partial charge in [0.15, 0.2) is 0 Å². The van der Waals surface area contributed by atoms with Crippen LogP contribution in [0.3, 0.4) is 0 Å². The normalized spacial score (nSPS) is 15.6. The predicted octanol–water partition coefficient (Wildman–Crippen LogP) is 1.47. The van der Waals surface area contributed by atoms with Crippen molar-refractivity contribution in [1.29, 1.82) is 0 Å². The van der Waals surface area contributed by atoms with Crippen molar-refractivity contribution in [3.05, 3.63) is 0 Å². The molecule has 0 amide bonds. The first kappa shape index (κ1) is 14.9. The zero-order valence-corrected chi connectivity index (χ0v) is 10.8. The van der Waals surface area contributed by atoms with E-state index >= 15 is 0 Å². The second-order valence-electron chi connectivity index (χ2n) is 4.51. The average Bonchev–Trinajstić information content (AvgIpc) is 2.26. The van der Waals surface area contributed by atoms with E-state index in [1.807, 2.05) is 0 Å². The van der Waals surface area contributed by atoms with Crippen LogP contribution in [0.2, 0.25) is 0 Å². The van der Waals surface area contributed by atoms with Gasteiger partial charge in [-0.1, -0.05) is 20.8 Å². The minimum Gasteiger partial charge on any atom is -0.394 e. The van der Waals surface area contributed by atoms with Crippen LogP contribution in [0.25, 0.3) is 0 Å². The van der Waals surface area contributed by atoms with E-state index in [-0.39, 0.29) is 12.1 Å². The van der Waals surface area contributed by atoms with Gasteiger partial charge in [-0.05, 0) is 39.4 Å². The molecule has 3 nitrogen and oxygen atoms in total. The zero-order chi connectivity index (χ0) is 11.7. The van der Waals surface area contributed by atoms with Crippen LogP contribution in [0, 0.1) is 0 Å². The van der Waals surface area contributed by atoms with E-state index in [9.17, 15) is 5.11 Å². The third-order valence-electron chi connectivity index (χ3n) is 2.71. The quantitative estimate of drug-likeness (QED) is 0.612. The molecular weight excluding hydrogens is 188 g/mol. The highest BCUT2D eigenvalue weighted by Crippen LogP contribution is 2.06. The maximum atomic E-state index is 9.44. The molecule has 2 N–H and O–H groups in total. The molecule has 3 heteroatoms. The molecule has 0 fully saturated rings. The molecule has 0 saturated carbocycles. The Balaban J connectivity index is 4.12. The van der Waals surface area contributed by atoms with Crippen molar-refractivity contribution >= 4 is 0 Å². The van der Waals surface area contributed by atoms with E-state index in [1.54, 1.807) is 0 Å². The van der Waals surface area contributed by atoms with Crippen molar-refractivity contribution < 1.29 is 5.11 Å². The fourth-order valence-electron chi connectivity index (χ4n) is 1.75. The van der Waals surface area contributed by atoms with Crippen molar-refractivity contribution in [2.45, 2.75) is 46.1 Å². The smallest absolute Gasteiger partial charge is 0.0623 e. The van der Waals surface area contributed by atoms with Crippen LogP contribution < -0.4 is 5.32 Å². The molecule has 0 spiro atoms. The first-order chi connectivity index (χ1) is 7.11. The van der Waals surface area contributed by atoms with Gasteiger partial charge in [-0.25, -0.2) is 0 Å². The molecule has 0 aromatic rings. The van der Waals surface area contributed by atoms with Crippen molar-refractivity contribution in [2.24, 2.45) is 0 Å². The molecule has 0 heterocycles. The fourth-order valence-corrected chi connectivity index (χ4v) is 1.75. The number of aliphatic hydroxyl groups excluding tert-OH is 1. The molecule has 0 bridgehead atoms. The number of nitrogens with zero attached hydrogens (tertiary/aromatic N) is 1. The van der Waals surface area contributed by atoms with Crippen LogP contribution in [0.5, 0.6) is 0 Å². The summed E-state index contributed by atoms with van der Waals surface area (Å²) in [4.78, 5) is 2.39. The van der Waals surface area contributed by atoms with Crippen molar-refractivity contribution in [1.82, 2.24) is 10.2 Å². The summed E-state index contributed by atoms with van der Waals surface area (Å²) in [5.74, 6) is 0. The molecule has 0 aromatic carbocycles. The summed E-state index contributed by atoms with van der Waals surface area (Å²) in [5, 5.41) is 12.9. The van der Waals surface area contributed by atoms with E-state index in [4.69, 9.17) is 0 Å². The molecule has 0 aromatic heterocycles. The third kappa shape index (κ3) is 6.13. The molecule has 1 atom stereocenters. The van der Waals surface area contributed by atoms with Gasteiger partial charge < -0.3 is 15.3 Å². The largest absolute Gasteiger partial charge is 0.394 e. The highest BCUT2D eigenvalue weighted by molar-refractivity contribution is 4.85. The van der Waals surface area contributed by atoms with Crippen LogP contribution in [0.4, 0.5) is 0 Å². The topological polar surface area (TPSA) is 35.5 Å². The van der Waals surface area contributed by atoms with E-state index < -0.39 is 0 Å². The molecule has 0 saturated heterocycles. The van der Waals surface area contributed by atoms with Gasteiger partial charge in [-0.2, -0.15) is 0 Å². The Morgan fingerprint density at radius 1 is 1.20 bits per heavy atom. The Labute approximate surface area is 94.9 Å². The second-order valence-corrected chi connectivity index (χ2v) is 4.51. The Kier molecular flexibility index (Phi) is 8.02. The maximum Gasteiger partial charge on any atom is 0.0623 e. The van der Waals surface area contributed by atoms with E-state index in [0.717, 1.165) is 32.6 Å². The lowest BCUT2D eigenvalue weighted by atomic mass is 10.0. The lowest BCUT2D eigenvalue weighted by molar-refractivity contribution is 0.122. The van der Waals surface area contributed by atoms with Crippen LogP contribution in [0.15, 0.2) is 0 Å². The standard InChI is InChI=1S/C12H28N2O/c1-5-8-13-12(4,11-15)10-14(7-3)9-6-2/h13,15H,5-11H2,1-4H3. The fraction of sp³-hybridized carbons (Fsp3) is 1.00. The van der Waals surface area contributed by atoms with Crippen molar-refractivity contribution in [2.75, 3.05) is 32.8 Å². The number of nitrogens with one attached hydrogen (secondary N) is 1. The molecule has 0 aliphatic rings. The monoisotopic (exact) mass is 216 g/mol. The van der Waals surface area contributed by atoms with Gasteiger partial charge in [-0.15, -0.1) is 0 Å². The Morgan fingerprint density at radius 2 is 1.87 bits per heavy atom. The molecule has 0 aliphatic carbocycles. The summed E-state index contributed by atoms with van der Waals surface area (Å²) in [7, 11) is 0. The Bertz CT molecular complexity index is 153. The maximum absolute atomic E-state index is 9.44. The van der Waals surface area contributed by atoms with Crippen LogP contribution >= 0.6 is 0 Å².